The van der Waals surface area contributed by atoms with Gasteiger partial charge in [0.1, 0.15) is 11.6 Å². The van der Waals surface area contributed by atoms with E-state index in [1.165, 1.54) is 12.1 Å². The van der Waals surface area contributed by atoms with E-state index >= 15 is 0 Å². The Balaban J connectivity index is 1.84. The van der Waals surface area contributed by atoms with Crippen molar-refractivity contribution in [1.29, 1.82) is 0 Å². The number of amides is 1. The Bertz CT molecular complexity index is 623. The molecule has 0 aliphatic carbocycles. The van der Waals surface area contributed by atoms with Gasteiger partial charge in [0.25, 0.3) is 5.91 Å². The number of halogens is 1. The summed E-state index contributed by atoms with van der Waals surface area (Å²) in [7, 11) is 0. The highest BCUT2D eigenvalue weighted by molar-refractivity contribution is 5.77. The summed E-state index contributed by atoms with van der Waals surface area (Å²) < 4.78 is 18.4. The van der Waals surface area contributed by atoms with Crippen molar-refractivity contribution in [2.24, 2.45) is 0 Å². The fourth-order valence-corrected chi connectivity index (χ4v) is 2.09. The number of rotatable bonds is 6. The van der Waals surface area contributed by atoms with Crippen LogP contribution in [-0.4, -0.2) is 12.5 Å². The SMILES string of the molecule is CC(C)c1ccccc1OCC(=O)NCc1ccc(F)cc1. The fraction of sp³-hybridized carbons (Fsp3) is 0.278. The van der Waals surface area contributed by atoms with Crippen LogP contribution < -0.4 is 10.1 Å². The van der Waals surface area contributed by atoms with E-state index in [9.17, 15) is 9.18 Å². The molecule has 0 spiro atoms. The molecule has 0 aliphatic rings. The molecule has 0 saturated heterocycles. The molecule has 116 valence electrons. The van der Waals surface area contributed by atoms with E-state index in [4.69, 9.17) is 4.74 Å². The van der Waals surface area contributed by atoms with E-state index in [-0.39, 0.29) is 18.3 Å². The Morgan fingerprint density at radius 2 is 1.82 bits per heavy atom. The van der Waals surface area contributed by atoms with E-state index in [1.54, 1.807) is 12.1 Å². The highest BCUT2D eigenvalue weighted by Crippen LogP contribution is 2.25. The van der Waals surface area contributed by atoms with E-state index in [2.05, 4.69) is 19.2 Å². The molecule has 22 heavy (non-hydrogen) atoms. The summed E-state index contributed by atoms with van der Waals surface area (Å²) in [6.45, 7) is 4.48. The Labute approximate surface area is 130 Å². The van der Waals surface area contributed by atoms with Gasteiger partial charge in [0.15, 0.2) is 6.61 Å². The number of carbonyl (C=O) groups excluding carboxylic acids is 1. The van der Waals surface area contributed by atoms with E-state index in [1.807, 2.05) is 24.3 Å². The molecule has 0 aromatic heterocycles. The molecule has 0 heterocycles. The zero-order chi connectivity index (χ0) is 15.9. The summed E-state index contributed by atoms with van der Waals surface area (Å²) in [5.74, 6) is 0.569. The van der Waals surface area contributed by atoms with Crippen LogP contribution >= 0.6 is 0 Å². The van der Waals surface area contributed by atoms with Gasteiger partial charge in [0.05, 0.1) is 0 Å². The minimum absolute atomic E-state index is 0.0368. The molecule has 0 aliphatic heterocycles. The number of carbonyl (C=O) groups is 1. The Morgan fingerprint density at radius 3 is 2.50 bits per heavy atom. The minimum Gasteiger partial charge on any atom is -0.483 e. The number of ether oxygens (including phenoxy) is 1. The first kappa shape index (κ1) is 16.0. The first-order valence-corrected chi connectivity index (χ1v) is 7.29. The van der Waals surface area contributed by atoms with Crippen LogP contribution in [0, 0.1) is 5.82 Å². The molecule has 1 N–H and O–H groups in total. The standard InChI is InChI=1S/C18H20FNO2/c1-13(2)16-5-3-4-6-17(16)22-12-18(21)20-11-14-7-9-15(19)10-8-14/h3-10,13H,11-12H2,1-2H3,(H,20,21). The van der Waals surface area contributed by atoms with Crippen LogP contribution in [0.3, 0.4) is 0 Å². The molecule has 0 bridgehead atoms. The lowest BCUT2D eigenvalue weighted by Crippen LogP contribution is -2.28. The van der Waals surface area contributed by atoms with Crippen molar-refractivity contribution in [2.45, 2.75) is 26.3 Å². The van der Waals surface area contributed by atoms with Crippen molar-refractivity contribution in [3.8, 4) is 5.75 Å². The maximum absolute atomic E-state index is 12.8. The third kappa shape index (κ3) is 4.58. The highest BCUT2D eigenvalue weighted by atomic mass is 19.1. The van der Waals surface area contributed by atoms with Gasteiger partial charge in [0.2, 0.25) is 0 Å². The fourth-order valence-electron chi connectivity index (χ4n) is 2.09. The molecule has 3 nitrogen and oxygen atoms in total. The van der Waals surface area contributed by atoms with Crippen LogP contribution in [0.1, 0.15) is 30.9 Å². The molecule has 0 radical (unpaired) electrons. The van der Waals surface area contributed by atoms with Crippen LogP contribution in [0.15, 0.2) is 48.5 Å². The lowest BCUT2D eigenvalue weighted by atomic mass is 10.0. The molecule has 2 aromatic rings. The molecular weight excluding hydrogens is 281 g/mol. The Hall–Kier alpha value is -2.36. The summed E-state index contributed by atoms with van der Waals surface area (Å²) >= 11 is 0. The topological polar surface area (TPSA) is 38.3 Å². The van der Waals surface area contributed by atoms with Gasteiger partial charge >= 0.3 is 0 Å². The molecular formula is C18H20FNO2. The monoisotopic (exact) mass is 301 g/mol. The molecule has 0 fully saturated rings. The molecule has 4 heteroatoms. The van der Waals surface area contributed by atoms with E-state index < -0.39 is 0 Å². The second kappa shape index (κ2) is 7.59. The Morgan fingerprint density at radius 1 is 1.14 bits per heavy atom. The number of hydrogen-bond acceptors (Lipinski definition) is 2. The lowest BCUT2D eigenvalue weighted by Gasteiger charge is -2.13. The summed E-state index contributed by atoms with van der Waals surface area (Å²) in [5.41, 5.74) is 1.92. The molecule has 2 rings (SSSR count). The number of para-hydroxylation sites is 1. The minimum atomic E-state index is -0.288. The van der Waals surface area contributed by atoms with Gasteiger partial charge in [-0.2, -0.15) is 0 Å². The van der Waals surface area contributed by atoms with Gasteiger partial charge in [-0.05, 0) is 35.2 Å². The van der Waals surface area contributed by atoms with E-state index in [0.29, 0.717) is 12.5 Å². The lowest BCUT2D eigenvalue weighted by molar-refractivity contribution is -0.123. The van der Waals surface area contributed by atoms with Gasteiger partial charge in [-0.3, -0.25) is 4.79 Å². The first-order chi connectivity index (χ1) is 10.6. The van der Waals surface area contributed by atoms with Crippen molar-refractivity contribution in [3.05, 3.63) is 65.5 Å². The number of nitrogens with one attached hydrogen (secondary N) is 1. The van der Waals surface area contributed by atoms with Gasteiger partial charge < -0.3 is 10.1 Å². The quantitative estimate of drug-likeness (QED) is 0.884. The van der Waals surface area contributed by atoms with Gasteiger partial charge in [-0.25, -0.2) is 4.39 Å². The van der Waals surface area contributed by atoms with Crippen LogP contribution in [-0.2, 0) is 11.3 Å². The number of hydrogen-bond donors (Lipinski definition) is 1. The van der Waals surface area contributed by atoms with Crippen molar-refractivity contribution in [2.75, 3.05) is 6.61 Å². The van der Waals surface area contributed by atoms with Crippen molar-refractivity contribution in [1.82, 2.24) is 5.32 Å². The molecule has 0 unspecified atom stereocenters. The summed E-state index contributed by atoms with van der Waals surface area (Å²) in [4.78, 5) is 11.8. The van der Waals surface area contributed by atoms with Crippen LogP contribution in [0.25, 0.3) is 0 Å². The number of benzene rings is 2. The average molecular weight is 301 g/mol. The maximum atomic E-state index is 12.8. The van der Waals surface area contributed by atoms with Gasteiger partial charge in [-0.15, -0.1) is 0 Å². The average Bonchev–Trinajstić information content (AvgIpc) is 2.52. The summed E-state index contributed by atoms with van der Waals surface area (Å²) in [6, 6.07) is 13.7. The molecule has 0 saturated carbocycles. The first-order valence-electron chi connectivity index (χ1n) is 7.29. The molecule has 1 amide bonds. The predicted octanol–water partition coefficient (Wildman–Crippen LogP) is 3.64. The summed E-state index contributed by atoms with van der Waals surface area (Å²) in [6.07, 6.45) is 0. The summed E-state index contributed by atoms with van der Waals surface area (Å²) in [5, 5.41) is 2.75. The normalized spacial score (nSPS) is 10.5. The molecule has 0 atom stereocenters. The zero-order valence-corrected chi connectivity index (χ0v) is 12.8. The predicted molar refractivity (Wildman–Crippen MR) is 84.3 cm³/mol. The van der Waals surface area contributed by atoms with Crippen LogP contribution in [0.4, 0.5) is 4.39 Å². The van der Waals surface area contributed by atoms with Gasteiger partial charge in [-0.1, -0.05) is 44.2 Å². The second-order valence-corrected chi connectivity index (χ2v) is 5.38. The Kier molecular flexibility index (Phi) is 5.53. The van der Waals surface area contributed by atoms with Gasteiger partial charge in [0, 0.05) is 6.54 Å². The van der Waals surface area contributed by atoms with Crippen LogP contribution in [0.2, 0.25) is 0 Å². The third-order valence-corrected chi connectivity index (χ3v) is 3.30. The maximum Gasteiger partial charge on any atom is 0.258 e. The third-order valence-electron chi connectivity index (χ3n) is 3.30. The smallest absolute Gasteiger partial charge is 0.258 e. The van der Waals surface area contributed by atoms with Crippen molar-refractivity contribution < 1.29 is 13.9 Å². The largest absolute Gasteiger partial charge is 0.483 e. The second-order valence-electron chi connectivity index (χ2n) is 5.38. The van der Waals surface area contributed by atoms with Crippen LogP contribution in [0.5, 0.6) is 5.75 Å². The van der Waals surface area contributed by atoms with Crippen molar-refractivity contribution >= 4 is 5.91 Å². The zero-order valence-electron chi connectivity index (χ0n) is 12.8. The van der Waals surface area contributed by atoms with E-state index in [0.717, 1.165) is 16.9 Å². The highest BCUT2D eigenvalue weighted by Gasteiger charge is 2.09. The van der Waals surface area contributed by atoms with Crippen molar-refractivity contribution in [3.63, 3.8) is 0 Å². The molecule has 2 aromatic carbocycles.